The number of carbonyl (C=O) groups is 2. The number of aliphatic carboxylic acids is 2. The van der Waals surface area contributed by atoms with Crippen molar-refractivity contribution < 1.29 is 24.5 Å². The van der Waals surface area contributed by atoms with Gasteiger partial charge in [-0.1, -0.05) is 12.2 Å². The molecule has 0 aromatic heterocycles. The Morgan fingerprint density at radius 2 is 2.00 bits per heavy atom. The maximum atomic E-state index is 11.4. The molecule has 5 nitrogen and oxygen atoms in total. The Hall–Kier alpha value is -1.36. The third-order valence-corrected chi connectivity index (χ3v) is 3.41. The smallest absolute Gasteiger partial charge is 0.313 e. The van der Waals surface area contributed by atoms with Gasteiger partial charge in [-0.25, -0.2) is 0 Å². The van der Waals surface area contributed by atoms with Crippen molar-refractivity contribution in [2.24, 2.45) is 10.8 Å². The molecule has 0 radical (unpaired) electrons. The fraction of sp³-hybridized carbons (Fsp3) is 0.667. The van der Waals surface area contributed by atoms with Crippen LogP contribution in [0.1, 0.15) is 26.2 Å². The van der Waals surface area contributed by atoms with E-state index in [9.17, 15) is 19.8 Å². The SMILES string of the molecule is COCCC1(C(=O)O)C=CCC(C)(C(=O)O)C1. The predicted octanol–water partition coefficient (Wildman–Crippen LogP) is 1.53. The first-order valence-corrected chi connectivity index (χ1v) is 5.50. The molecule has 1 rings (SSSR count). The molecule has 0 saturated heterocycles. The summed E-state index contributed by atoms with van der Waals surface area (Å²) in [6.07, 6.45) is 4.02. The summed E-state index contributed by atoms with van der Waals surface area (Å²) in [5.74, 6) is -1.94. The van der Waals surface area contributed by atoms with Crippen molar-refractivity contribution in [3.8, 4) is 0 Å². The lowest BCUT2D eigenvalue weighted by Crippen LogP contribution is -2.42. The topological polar surface area (TPSA) is 83.8 Å². The van der Waals surface area contributed by atoms with Crippen molar-refractivity contribution in [2.45, 2.75) is 26.2 Å². The Kier molecular flexibility index (Phi) is 3.93. The minimum absolute atomic E-state index is 0.102. The number of allylic oxidation sites excluding steroid dienone is 1. The highest BCUT2D eigenvalue weighted by molar-refractivity contribution is 5.81. The van der Waals surface area contributed by atoms with Crippen LogP contribution in [0.25, 0.3) is 0 Å². The average molecular weight is 242 g/mol. The number of carboxylic acids is 2. The quantitative estimate of drug-likeness (QED) is 0.714. The van der Waals surface area contributed by atoms with Gasteiger partial charge >= 0.3 is 11.9 Å². The van der Waals surface area contributed by atoms with Gasteiger partial charge in [0.05, 0.1) is 10.8 Å². The summed E-state index contributed by atoms with van der Waals surface area (Å²) in [5.41, 5.74) is -2.14. The fourth-order valence-corrected chi connectivity index (χ4v) is 2.24. The van der Waals surface area contributed by atoms with Gasteiger partial charge in [-0.2, -0.15) is 0 Å². The Morgan fingerprint density at radius 1 is 1.35 bits per heavy atom. The van der Waals surface area contributed by atoms with Gasteiger partial charge < -0.3 is 14.9 Å². The van der Waals surface area contributed by atoms with Gasteiger partial charge in [0.1, 0.15) is 0 Å². The molecule has 5 heteroatoms. The highest BCUT2D eigenvalue weighted by Crippen LogP contribution is 2.44. The normalized spacial score (nSPS) is 32.4. The first-order valence-electron chi connectivity index (χ1n) is 5.50. The zero-order valence-corrected chi connectivity index (χ0v) is 10.1. The van der Waals surface area contributed by atoms with Gasteiger partial charge in [0.25, 0.3) is 0 Å². The number of rotatable bonds is 5. The van der Waals surface area contributed by atoms with Gasteiger partial charge in [0, 0.05) is 13.7 Å². The first kappa shape index (κ1) is 13.7. The van der Waals surface area contributed by atoms with E-state index in [4.69, 9.17) is 4.74 Å². The minimum atomic E-state index is -1.12. The van der Waals surface area contributed by atoms with Crippen LogP contribution in [0.4, 0.5) is 0 Å². The molecule has 2 atom stereocenters. The van der Waals surface area contributed by atoms with Crippen molar-refractivity contribution in [1.29, 1.82) is 0 Å². The van der Waals surface area contributed by atoms with Crippen LogP contribution in [0.2, 0.25) is 0 Å². The molecule has 0 spiro atoms. The van der Waals surface area contributed by atoms with E-state index in [1.165, 1.54) is 7.11 Å². The van der Waals surface area contributed by atoms with E-state index in [1.807, 2.05) is 0 Å². The van der Waals surface area contributed by atoms with Crippen LogP contribution in [0, 0.1) is 10.8 Å². The van der Waals surface area contributed by atoms with Crippen molar-refractivity contribution in [3.63, 3.8) is 0 Å². The summed E-state index contributed by atoms with van der Waals surface area (Å²) in [6, 6.07) is 0. The number of methoxy groups -OCH3 is 1. The van der Waals surface area contributed by atoms with Crippen LogP contribution in [-0.2, 0) is 14.3 Å². The van der Waals surface area contributed by atoms with Gasteiger partial charge in [-0.15, -0.1) is 0 Å². The van der Waals surface area contributed by atoms with Crippen LogP contribution in [-0.4, -0.2) is 35.9 Å². The third kappa shape index (κ3) is 2.66. The molecule has 2 unspecified atom stereocenters. The van der Waals surface area contributed by atoms with Crippen LogP contribution in [0.15, 0.2) is 12.2 Å². The van der Waals surface area contributed by atoms with Crippen molar-refractivity contribution in [2.75, 3.05) is 13.7 Å². The third-order valence-electron chi connectivity index (χ3n) is 3.41. The van der Waals surface area contributed by atoms with E-state index in [1.54, 1.807) is 19.1 Å². The minimum Gasteiger partial charge on any atom is -0.481 e. The van der Waals surface area contributed by atoms with Gasteiger partial charge in [-0.05, 0) is 26.2 Å². The first-order chi connectivity index (χ1) is 7.86. The Bertz CT molecular complexity index is 349. The number of carboxylic acid groups (broad SMARTS) is 2. The summed E-state index contributed by atoms with van der Waals surface area (Å²) in [4.78, 5) is 22.6. The molecule has 0 aromatic carbocycles. The molecule has 0 fully saturated rings. The fourth-order valence-electron chi connectivity index (χ4n) is 2.24. The second kappa shape index (κ2) is 4.87. The summed E-state index contributed by atoms with van der Waals surface area (Å²) in [5, 5.41) is 18.5. The largest absolute Gasteiger partial charge is 0.481 e. The Morgan fingerprint density at radius 3 is 2.47 bits per heavy atom. The van der Waals surface area contributed by atoms with E-state index in [-0.39, 0.29) is 12.8 Å². The van der Waals surface area contributed by atoms with E-state index < -0.39 is 22.8 Å². The number of hydrogen-bond acceptors (Lipinski definition) is 3. The molecule has 17 heavy (non-hydrogen) atoms. The van der Waals surface area contributed by atoms with Crippen molar-refractivity contribution >= 4 is 11.9 Å². The average Bonchev–Trinajstić information content (AvgIpc) is 2.26. The lowest BCUT2D eigenvalue weighted by atomic mass is 9.65. The maximum absolute atomic E-state index is 11.4. The van der Waals surface area contributed by atoms with E-state index in [0.717, 1.165) is 0 Å². The second-order valence-corrected chi connectivity index (χ2v) is 4.85. The summed E-state index contributed by atoms with van der Waals surface area (Å²) >= 11 is 0. The highest BCUT2D eigenvalue weighted by atomic mass is 16.5. The Labute approximate surface area is 100 Å². The van der Waals surface area contributed by atoms with Crippen LogP contribution in [0.5, 0.6) is 0 Å². The van der Waals surface area contributed by atoms with E-state index in [0.29, 0.717) is 13.0 Å². The number of ether oxygens (including phenoxy) is 1. The zero-order valence-electron chi connectivity index (χ0n) is 10.1. The molecule has 0 aliphatic heterocycles. The molecule has 0 amide bonds. The van der Waals surface area contributed by atoms with Crippen LogP contribution in [0.3, 0.4) is 0 Å². The molecule has 0 heterocycles. The van der Waals surface area contributed by atoms with Gasteiger partial charge in [-0.3, -0.25) is 9.59 Å². The molecule has 2 N–H and O–H groups in total. The summed E-state index contributed by atoms with van der Waals surface area (Å²) in [6.45, 7) is 1.88. The molecule has 0 bridgehead atoms. The van der Waals surface area contributed by atoms with Crippen molar-refractivity contribution in [1.82, 2.24) is 0 Å². The highest BCUT2D eigenvalue weighted by Gasteiger charge is 2.48. The molecular formula is C12H18O5. The monoisotopic (exact) mass is 242 g/mol. The van der Waals surface area contributed by atoms with Crippen molar-refractivity contribution in [3.05, 3.63) is 12.2 Å². The van der Waals surface area contributed by atoms with Gasteiger partial charge in [0.2, 0.25) is 0 Å². The Balaban J connectivity index is 3.00. The lowest BCUT2D eigenvalue weighted by Gasteiger charge is -2.37. The van der Waals surface area contributed by atoms with E-state index >= 15 is 0 Å². The predicted molar refractivity (Wildman–Crippen MR) is 60.7 cm³/mol. The molecule has 1 aliphatic rings. The lowest BCUT2D eigenvalue weighted by molar-refractivity contribution is -0.156. The molecular weight excluding hydrogens is 224 g/mol. The van der Waals surface area contributed by atoms with E-state index in [2.05, 4.69) is 0 Å². The second-order valence-electron chi connectivity index (χ2n) is 4.85. The maximum Gasteiger partial charge on any atom is 0.313 e. The zero-order chi connectivity index (χ0) is 13.1. The summed E-state index contributed by atoms with van der Waals surface area (Å²) < 4.78 is 4.90. The summed E-state index contributed by atoms with van der Waals surface area (Å²) in [7, 11) is 1.50. The van der Waals surface area contributed by atoms with Crippen LogP contribution >= 0.6 is 0 Å². The van der Waals surface area contributed by atoms with Crippen LogP contribution < -0.4 is 0 Å². The van der Waals surface area contributed by atoms with Gasteiger partial charge in [0.15, 0.2) is 0 Å². The molecule has 0 aromatic rings. The molecule has 96 valence electrons. The molecule has 1 aliphatic carbocycles. The number of hydrogen-bond donors (Lipinski definition) is 2. The molecule has 0 saturated carbocycles. The standard InChI is InChI=1S/C12H18O5/c1-11(9(13)14)4-3-5-12(8-11,10(15)16)6-7-17-2/h3,5H,4,6-8H2,1-2H3,(H,13,14)(H,15,16).